The van der Waals surface area contributed by atoms with E-state index in [9.17, 15) is 0 Å². The van der Waals surface area contributed by atoms with Gasteiger partial charge < -0.3 is 30.1 Å². The third-order valence-corrected chi connectivity index (χ3v) is 5.62. The summed E-state index contributed by atoms with van der Waals surface area (Å²) >= 11 is 6.56. The van der Waals surface area contributed by atoms with Gasteiger partial charge in [0.2, 0.25) is 0 Å². The van der Waals surface area contributed by atoms with Crippen molar-refractivity contribution in [1.29, 1.82) is 0 Å². The highest BCUT2D eigenvalue weighted by Crippen LogP contribution is 2.28. The Balaban J connectivity index is 0.00000450. The zero-order chi connectivity index (χ0) is 21.1. The molecule has 0 aliphatic carbocycles. The maximum absolute atomic E-state index is 6.56. The second kappa shape index (κ2) is 15.1. The molecule has 7 nitrogen and oxygen atoms in total. The average molecular weight is 553 g/mol. The minimum absolute atomic E-state index is 0. The Morgan fingerprint density at radius 2 is 1.93 bits per heavy atom. The van der Waals surface area contributed by atoms with Crippen molar-refractivity contribution < 1.29 is 4.74 Å². The summed E-state index contributed by atoms with van der Waals surface area (Å²) in [6, 6.07) is 6.16. The van der Waals surface area contributed by atoms with Gasteiger partial charge in [-0.2, -0.15) is 0 Å². The van der Waals surface area contributed by atoms with Crippen LogP contribution in [0.1, 0.15) is 12.0 Å². The van der Waals surface area contributed by atoms with Gasteiger partial charge in [-0.25, -0.2) is 0 Å². The lowest BCUT2D eigenvalue weighted by molar-refractivity contribution is 0.180. The highest BCUT2D eigenvalue weighted by Gasteiger charge is 2.18. The van der Waals surface area contributed by atoms with Crippen molar-refractivity contribution in [3.05, 3.63) is 28.8 Å². The average Bonchev–Trinajstić information content (AvgIpc) is 2.72. The van der Waals surface area contributed by atoms with E-state index in [1.807, 2.05) is 12.1 Å². The molecule has 0 aromatic heterocycles. The number of aliphatic imine (C=N–C) groups is 1. The molecular formula is C21H38ClIN6O. The van der Waals surface area contributed by atoms with E-state index in [1.54, 1.807) is 14.2 Å². The van der Waals surface area contributed by atoms with Gasteiger partial charge in [0, 0.05) is 89.4 Å². The summed E-state index contributed by atoms with van der Waals surface area (Å²) in [5.41, 5.74) is 2.34. The Labute approximate surface area is 204 Å². The van der Waals surface area contributed by atoms with Gasteiger partial charge in [-0.1, -0.05) is 17.7 Å². The first-order valence-corrected chi connectivity index (χ1v) is 10.8. The number of hydrogen-bond acceptors (Lipinski definition) is 5. The van der Waals surface area contributed by atoms with Crippen LogP contribution >= 0.6 is 35.6 Å². The summed E-state index contributed by atoms with van der Waals surface area (Å²) < 4.78 is 5.11. The number of piperazine rings is 1. The molecule has 1 aliphatic heterocycles. The standard InChI is InChI=1S/C21H37ClN6O.HI/c1-23-21(24-9-11-26(2)10-6-16-29-4)25-17-18-19(22)7-5-8-20(18)28-14-12-27(3)13-15-28;/h5,7-8H,6,9-17H2,1-4H3,(H2,23,24,25);1H. The number of likely N-dealkylation sites (N-methyl/N-ethyl adjacent to an activating group) is 2. The first kappa shape index (κ1) is 27.2. The number of anilines is 1. The Bertz CT molecular complexity index is 640. The SMILES string of the molecule is CN=C(NCCN(C)CCCOC)NCc1c(Cl)cccc1N1CCN(C)CC1.I. The smallest absolute Gasteiger partial charge is 0.191 e. The van der Waals surface area contributed by atoms with E-state index in [2.05, 4.69) is 50.5 Å². The molecule has 0 bridgehead atoms. The number of methoxy groups -OCH3 is 1. The predicted molar refractivity (Wildman–Crippen MR) is 139 cm³/mol. The molecule has 1 fully saturated rings. The second-order valence-corrected chi connectivity index (χ2v) is 7.94. The van der Waals surface area contributed by atoms with Crippen LogP contribution < -0.4 is 15.5 Å². The molecule has 0 radical (unpaired) electrons. The van der Waals surface area contributed by atoms with Gasteiger partial charge in [0.1, 0.15) is 0 Å². The van der Waals surface area contributed by atoms with Gasteiger partial charge in [0.15, 0.2) is 5.96 Å². The van der Waals surface area contributed by atoms with Gasteiger partial charge in [-0.15, -0.1) is 24.0 Å². The van der Waals surface area contributed by atoms with E-state index in [4.69, 9.17) is 16.3 Å². The Morgan fingerprint density at radius 1 is 1.20 bits per heavy atom. The molecule has 1 saturated heterocycles. The van der Waals surface area contributed by atoms with Crippen LogP contribution in [-0.4, -0.2) is 96.4 Å². The van der Waals surface area contributed by atoms with Crippen molar-refractivity contribution in [2.24, 2.45) is 4.99 Å². The molecule has 0 saturated carbocycles. The molecule has 1 aliphatic rings. The fourth-order valence-electron chi connectivity index (χ4n) is 3.41. The maximum Gasteiger partial charge on any atom is 0.191 e. The Kier molecular flexibility index (Phi) is 13.7. The number of guanidine groups is 1. The van der Waals surface area contributed by atoms with Crippen LogP contribution in [-0.2, 0) is 11.3 Å². The predicted octanol–water partition coefficient (Wildman–Crippen LogP) is 2.34. The lowest BCUT2D eigenvalue weighted by Gasteiger charge is -2.35. The summed E-state index contributed by atoms with van der Waals surface area (Å²) in [4.78, 5) is 11.4. The number of benzene rings is 1. The summed E-state index contributed by atoms with van der Waals surface area (Å²) in [6.45, 7) is 8.42. The normalized spacial score (nSPS) is 15.3. The quantitative estimate of drug-likeness (QED) is 0.201. The molecule has 1 aromatic carbocycles. The van der Waals surface area contributed by atoms with Crippen molar-refractivity contribution >= 4 is 47.2 Å². The summed E-state index contributed by atoms with van der Waals surface area (Å²) in [5, 5.41) is 7.60. The van der Waals surface area contributed by atoms with Crippen LogP contribution in [0.4, 0.5) is 5.69 Å². The lowest BCUT2D eigenvalue weighted by atomic mass is 10.1. The van der Waals surface area contributed by atoms with Gasteiger partial charge >= 0.3 is 0 Å². The largest absolute Gasteiger partial charge is 0.385 e. The molecule has 30 heavy (non-hydrogen) atoms. The fraction of sp³-hybridized carbons (Fsp3) is 0.667. The van der Waals surface area contributed by atoms with Crippen LogP contribution in [0.5, 0.6) is 0 Å². The van der Waals surface area contributed by atoms with Gasteiger partial charge in [0.25, 0.3) is 0 Å². The summed E-state index contributed by atoms with van der Waals surface area (Å²) in [5.74, 6) is 0.791. The van der Waals surface area contributed by atoms with E-state index in [0.29, 0.717) is 6.54 Å². The van der Waals surface area contributed by atoms with Gasteiger partial charge in [-0.05, 0) is 32.6 Å². The molecule has 2 N–H and O–H groups in total. The van der Waals surface area contributed by atoms with Crippen LogP contribution in [0.25, 0.3) is 0 Å². The number of halogens is 2. The van der Waals surface area contributed by atoms with E-state index < -0.39 is 0 Å². The second-order valence-electron chi connectivity index (χ2n) is 7.53. The van der Waals surface area contributed by atoms with Crippen molar-refractivity contribution in [1.82, 2.24) is 20.4 Å². The first-order valence-electron chi connectivity index (χ1n) is 10.4. The van der Waals surface area contributed by atoms with E-state index >= 15 is 0 Å². The summed E-state index contributed by atoms with van der Waals surface area (Å²) in [7, 11) is 7.83. The molecule has 1 aromatic rings. The molecule has 2 rings (SSSR count). The van der Waals surface area contributed by atoms with Crippen LogP contribution in [0.3, 0.4) is 0 Å². The third-order valence-electron chi connectivity index (χ3n) is 5.27. The topological polar surface area (TPSA) is 55.4 Å². The lowest BCUT2D eigenvalue weighted by Crippen LogP contribution is -2.45. The zero-order valence-corrected chi connectivity index (χ0v) is 21.9. The van der Waals surface area contributed by atoms with Gasteiger partial charge in [0.05, 0.1) is 0 Å². The molecule has 9 heteroatoms. The zero-order valence-electron chi connectivity index (χ0n) is 18.8. The number of rotatable bonds is 10. The molecule has 1 heterocycles. The highest BCUT2D eigenvalue weighted by molar-refractivity contribution is 14.0. The molecule has 0 atom stereocenters. The van der Waals surface area contributed by atoms with Crippen LogP contribution in [0, 0.1) is 0 Å². The Hall–Kier alpha value is -0.810. The van der Waals surface area contributed by atoms with Crippen molar-refractivity contribution in [3.63, 3.8) is 0 Å². The van der Waals surface area contributed by atoms with Crippen LogP contribution in [0.15, 0.2) is 23.2 Å². The highest BCUT2D eigenvalue weighted by atomic mass is 127. The van der Waals surface area contributed by atoms with Crippen LogP contribution in [0.2, 0.25) is 5.02 Å². The monoisotopic (exact) mass is 552 g/mol. The first-order chi connectivity index (χ1) is 14.0. The number of nitrogens with zero attached hydrogens (tertiary/aromatic N) is 4. The Morgan fingerprint density at radius 3 is 2.60 bits per heavy atom. The number of hydrogen-bond donors (Lipinski definition) is 2. The summed E-state index contributed by atoms with van der Waals surface area (Å²) in [6.07, 6.45) is 1.04. The molecule has 0 unspecified atom stereocenters. The number of nitrogens with one attached hydrogen (secondary N) is 2. The maximum atomic E-state index is 6.56. The third kappa shape index (κ3) is 9.13. The fourth-order valence-corrected chi connectivity index (χ4v) is 3.65. The molecule has 172 valence electrons. The minimum atomic E-state index is 0. The van der Waals surface area contributed by atoms with E-state index in [0.717, 1.165) is 75.4 Å². The molecule has 0 amide bonds. The van der Waals surface area contributed by atoms with E-state index in [-0.39, 0.29) is 24.0 Å². The van der Waals surface area contributed by atoms with Crippen molar-refractivity contribution in [2.75, 3.05) is 85.6 Å². The number of ether oxygens (including phenoxy) is 1. The minimum Gasteiger partial charge on any atom is -0.385 e. The van der Waals surface area contributed by atoms with Crippen molar-refractivity contribution in [3.8, 4) is 0 Å². The molecular weight excluding hydrogens is 515 g/mol. The van der Waals surface area contributed by atoms with E-state index in [1.165, 1.54) is 5.69 Å². The van der Waals surface area contributed by atoms with Gasteiger partial charge in [-0.3, -0.25) is 4.99 Å². The van der Waals surface area contributed by atoms with Crippen molar-refractivity contribution in [2.45, 2.75) is 13.0 Å². The molecule has 0 spiro atoms.